The third-order valence-corrected chi connectivity index (χ3v) is 2.96. The van der Waals surface area contributed by atoms with Crippen molar-refractivity contribution < 1.29 is 22.6 Å². The molecule has 0 bridgehead atoms. The van der Waals surface area contributed by atoms with Crippen molar-refractivity contribution in [2.24, 2.45) is 5.73 Å². The maximum Gasteiger partial charge on any atom is 0.267 e. The average molecular weight is 276 g/mol. The predicted molar refractivity (Wildman–Crippen MR) is 66.1 cm³/mol. The Kier molecular flexibility index (Phi) is 5.73. The highest BCUT2D eigenvalue weighted by molar-refractivity contribution is 7.85. The Morgan fingerprint density at radius 2 is 2.06 bits per heavy atom. The van der Waals surface area contributed by atoms with Crippen molar-refractivity contribution in [1.29, 1.82) is 0 Å². The summed E-state index contributed by atoms with van der Waals surface area (Å²) in [6.45, 7) is 4.64. The molecule has 0 radical (unpaired) electrons. The summed E-state index contributed by atoms with van der Waals surface area (Å²) in [7, 11) is -4.29. The Labute approximate surface area is 105 Å². The van der Waals surface area contributed by atoms with Gasteiger partial charge in [0.05, 0.1) is 11.3 Å². The minimum atomic E-state index is -4.29. The summed E-state index contributed by atoms with van der Waals surface area (Å²) in [6.07, 6.45) is 3.34. The minimum absolute atomic E-state index is 0.00924. The van der Waals surface area contributed by atoms with Gasteiger partial charge in [-0.15, -0.1) is 0 Å². The highest BCUT2D eigenvalue weighted by Gasteiger charge is 2.30. The summed E-state index contributed by atoms with van der Waals surface area (Å²) in [5, 5.41) is 2.37. The Hall–Kier alpha value is -1.67. The molecule has 0 aliphatic rings. The van der Waals surface area contributed by atoms with Crippen molar-refractivity contribution >= 4 is 21.9 Å². The third kappa shape index (κ3) is 7.58. The van der Waals surface area contributed by atoms with Gasteiger partial charge in [-0.2, -0.15) is 8.42 Å². The van der Waals surface area contributed by atoms with Crippen LogP contribution in [-0.2, 0) is 19.7 Å². The molecule has 0 aromatic heterocycles. The number of hydrogen-bond acceptors (Lipinski definition) is 4. The molecule has 0 fully saturated rings. The van der Waals surface area contributed by atoms with Crippen LogP contribution in [0.25, 0.3) is 0 Å². The van der Waals surface area contributed by atoms with Crippen molar-refractivity contribution in [3.05, 3.63) is 24.8 Å². The van der Waals surface area contributed by atoms with Gasteiger partial charge in [-0.25, -0.2) is 0 Å². The summed E-state index contributed by atoms with van der Waals surface area (Å²) < 4.78 is 30.6. The minimum Gasteiger partial charge on any atom is -0.366 e. The molecule has 4 N–H and O–H groups in total. The molecule has 0 aromatic carbocycles. The number of primary amides is 1. The SMILES string of the molecule is C=CC(=O)NC(C)(CC=CC(N)=O)CS(=O)(=O)O. The smallest absolute Gasteiger partial charge is 0.267 e. The molecule has 0 rings (SSSR count). The van der Waals surface area contributed by atoms with Crippen LogP contribution >= 0.6 is 0 Å². The fourth-order valence-electron chi connectivity index (χ4n) is 1.33. The second kappa shape index (κ2) is 6.31. The second-order valence-corrected chi connectivity index (χ2v) is 5.44. The lowest BCUT2D eigenvalue weighted by Gasteiger charge is -2.27. The summed E-state index contributed by atoms with van der Waals surface area (Å²) in [5.41, 5.74) is 3.62. The number of nitrogens with one attached hydrogen (secondary N) is 1. The van der Waals surface area contributed by atoms with Gasteiger partial charge < -0.3 is 11.1 Å². The normalized spacial score (nSPS) is 15.0. The topological polar surface area (TPSA) is 127 Å². The predicted octanol–water partition coefficient (Wildman–Crippen LogP) is -0.633. The van der Waals surface area contributed by atoms with Crippen LogP contribution < -0.4 is 11.1 Å². The first-order chi connectivity index (χ1) is 8.08. The first kappa shape index (κ1) is 16.3. The molecular formula is C10H16N2O5S. The van der Waals surface area contributed by atoms with Gasteiger partial charge >= 0.3 is 0 Å². The highest BCUT2D eigenvalue weighted by Crippen LogP contribution is 2.13. The molecule has 8 heteroatoms. The molecule has 0 aromatic rings. The molecule has 0 saturated carbocycles. The van der Waals surface area contributed by atoms with E-state index in [1.165, 1.54) is 13.0 Å². The molecule has 1 unspecified atom stereocenters. The number of rotatable bonds is 7. The van der Waals surface area contributed by atoms with Crippen molar-refractivity contribution in [1.82, 2.24) is 5.32 Å². The van der Waals surface area contributed by atoms with E-state index in [0.717, 1.165) is 12.2 Å². The highest BCUT2D eigenvalue weighted by atomic mass is 32.2. The van der Waals surface area contributed by atoms with Gasteiger partial charge in [0.15, 0.2) is 0 Å². The summed E-state index contributed by atoms with van der Waals surface area (Å²) >= 11 is 0. The Bertz CT molecular complexity index is 469. The Morgan fingerprint density at radius 1 is 1.50 bits per heavy atom. The van der Waals surface area contributed by atoms with E-state index in [4.69, 9.17) is 10.3 Å². The zero-order chi connectivity index (χ0) is 14.4. The van der Waals surface area contributed by atoms with Crippen molar-refractivity contribution in [3.63, 3.8) is 0 Å². The molecule has 0 aliphatic carbocycles. The van der Waals surface area contributed by atoms with Crippen LogP contribution in [0.15, 0.2) is 24.8 Å². The van der Waals surface area contributed by atoms with Crippen LogP contribution in [0.5, 0.6) is 0 Å². The molecule has 0 aliphatic heterocycles. The maximum absolute atomic E-state index is 11.2. The molecular weight excluding hydrogens is 260 g/mol. The summed E-state index contributed by atoms with van der Waals surface area (Å²) in [4.78, 5) is 21.7. The molecule has 0 saturated heterocycles. The average Bonchev–Trinajstić information content (AvgIpc) is 2.13. The van der Waals surface area contributed by atoms with Crippen LogP contribution in [0.4, 0.5) is 0 Å². The van der Waals surface area contributed by atoms with Gasteiger partial charge in [0, 0.05) is 0 Å². The fraction of sp³-hybridized carbons (Fsp3) is 0.400. The van der Waals surface area contributed by atoms with Gasteiger partial charge in [-0.3, -0.25) is 14.1 Å². The van der Waals surface area contributed by atoms with Crippen molar-refractivity contribution in [3.8, 4) is 0 Å². The molecule has 1 atom stereocenters. The molecule has 2 amide bonds. The molecule has 0 heterocycles. The molecule has 0 spiro atoms. The quantitative estimate of drug-likeness (QED) is 0.421. The third-order valence-electron chi connectivity index (χ3n) is 1.96. The maximum atomic E-state index is 11.2. The first-order valence-electron chi connectivity index (χ1n) is 4.94. The summed E-state index contributed by atoms with van der Waals surface area (Å²) in [5.74, 6) is -1.98. The largest absolute Gasteiger partial charge is 0.366 e. The van der Waals surface area contributed by atoms with E-state index in [2.05, 4.69) is 11.9 Å². The van der Waals surface area contributed by atoms with Gasteiger partial charge in [0.1, 0.15) is 0 Å². The van der Waals surface area contributed by atoms with Gasteiger partial charge in [0.2, 0.25) is 11.8 Å². The van der Waals surface area contributed by atoms with Crippen LogP contribution in [0.1, 0.15) is 13.3 Å². The number of nitrogens with two attached hydrogens (primary N) is 1. The molecule has 7 nitrogen and oxygen atoms in total. The van der Waals surface area contributed by atoms with E-state index >= 15 is 0 Å². The Balaban J connectivity index is 4.96. The second-order valence-electron chi connectivity index (χ2n) is 3.99. The van der Waals surface area contributed by atoms with Gasteiger partial charge in [0.25, 0.3) is 10.1 Å². The number of carbonyl (C=O) groups excluding carboxylic acids is 2. The van der Waals surface area contributed by atoms with E-state index in [1.54, 1.807) is 0 Å². The number of amides is 2. The van der Waals surface area contributed by atoms with E-state index in [1.807, 2.05) is 0 Å². The van der Waals surface area contributed by atoms with E-state index in [9.17, 15) is 18.0 Å². The van der Waals surface area contributed by atoms with Crippen LogP contribution in [0, 0.1) is 0 Å². The lowest BCUT2D eigenvalue weighted by molar-refractivity contribution is -0.118. The monoisotopic (exact) mass is 276 g/mol. The molecule has 102 valence electrons. The molecule has 18 heavy (non-hydrogen) atoms. The van der Waals surface area contributed by atoms with E-state index < -0.39 is 33.2 Å². The van der Waals surface area contributed by atoms with Crippen molar-refractivity contribution in [2.45, 2.75) is 18.9 Å². The fourth-order valence-corrected chi connectivity index (χ4v) is 2.33. The van der Waals surface area contributed by atoms with Crippen LogP contribution in [0.3, 0.4) is 0 Å². The van der Waals surface area contributed by atoms with Crippen molar-refractivity contribution in [2.75, 3.05) is 5.75 Å². The number of hydrogen-bond donors (Lipinski definition) is 3. The van der Waals surface area contributed by atoms with E-state index in [0.29, 0.717) is 0 Å². The van der Waals surface area contributed by atoms with Gasteiger partial charge in [-0.1, -0.05) is 12.7 Å². The van der Waals surface area contributed by atoms with Crippen LogP contribution in [-0.4, -0.2) is 36.1 Å². The number of carbonyl (C=O) groups is 2. The lowest BCUT2D eigenvalue weighted by atomic mass is 10.00. The zero-order valence-corrected chi connectivity index (χ0v) is 10.7. The Morgan fingerprint density at radius 3 is 2.44 bits per heavy atom. The standard InChI is InChI=1S/C10H16N2O5S/c1-3-9(14)12-10(2,7-18(15,16)17)6-4-5-8(11)13/h3-5H,1,6-7H2,2H3,(H2,11,13)(H,12,14)(H,15,16,17). The van der Waals surface area contributed by atoms with Crippen LogP contribution in [0.2, 0.25) is 0 Å². The first-order valence-corrected chi connectivity index (χ1v) is 6.54. The summed E-state index contributed by atoms with van der Waals surface area (Å²) in [6, 6.07) is 0. The van der Waals surface area contributed by atoms with Gasteiger partial charge in [-0.05, 0) is 25.5 Å². The van der Waals surface area contributed by atoms with E-state index in [-0.39, 0.29) is 6.42 Å². The zero-order valence-electron chi connectivity index (χ0n) is 9.92. The lowest BCUT2D eigenvalue weighted by Crippen LogP contribution is -2.50.